The Morgan fingerprint density at radius 1 is 1.27 bits per heavy atom. The summed E-state index contributed by atoms with van der Waals surface area (Å²) in [4.78, 5) is 0. The smallest absolute Gasteiger partial charge is 0.119 e. The molecule has 0 heterocycles. The van der Waals surface area contributed by atoms with Crippen LogP contribution >= 0.6 is 0 Å². The van der Waals surface area contributed by atoms with E-state index in [4.69, 9.17) is 10.5 Å². The number of hydrogen-bond donors (Lipinski definition) is 2. The predicted octanol–water partition coefficient (Wildman–Crippen LogP) is 2.24. The highest BCUT2D eigenvalue weighted by Crippen LogP contribution is 2.15. The number of rotatable bonds is 7. The molecular weight excluding hydrogens is 188 g/mol. The van der Waals surface area contributed by atoms with Gasteiger partial charge in [-0.2, -0.15) is 0 Å². The zero-order valence-corrected chi connectivity index (χ0v) is 9.33. The zero-order valence-electron chi connectivity index (χ0n) is 9.33. The Bertz CT molecular complexity index is 259. The van der Waals surface area contributed by atoms with Crippen molar-refractivity contribution in [2.45, 2.75) is 19.8 Å². The minimum absolute atomic E-state index is 0.648. The second-order valence-corrected chi connectivity index (χ2v) is 3.44. The molecule has 0 aliphatic carbocycles. The molecule has 0 fully saturated rings. The number of hydrogen-bond acceptors (Lipinski definition) is 3. The van der Waals surface area contributed by atoms with Crippen LogP contribution in [0.2, 0.25) is 0 Å². The van der Waals surface area contributed by atoms with Gasteiger partial charge in [0.25, 0.3) is 0 Å². The van der Waals surface area contributed by atoms with E-state index in [1.165, 1.54) is 0 Å². The number of nitrogens with two attached hydrogens (primary N) is 1. The summed E-state index contributed by atoms with van der Waals surface area (Å²) in [7, 11) is 0. The van der Waals surface area contributed by atoms with Gasteiger partial charge in [0.1, 0.15) is 5.75 Å². The van der Waals surface area contributed by atoms with E-state index >= 15 is 0 Å². The van der Waals surface area contributed by atoms with E-state index in [9.17, 15) is 0 Å². The maximum Gasteiger partial charge on any atom is 0.119 e. The summed E-state index contributed by atoms with van der Waals surface area (Å²) in [6.07, 6.45) is 2.27. The summed E-state index contributed by atoms with van der Waals surface area (Å²) in [6, 6.07) is 7.98. The molecule has 0 saturated heterocycles. The molecule has 3 nitrogen and oxygen atoms in total. The summed E-state index contributed by atoms with van der Waals surface area (Å²) < 4.78 is 5.55. The minimum Gasteiger partial charge on any atom is -0.494 e. The molecule has 1 rings (SSSR count). The summed E-state index contributed by atoms with van der Waals surface area (Å²) in [5.74, 6) is 0.932. The van der Waals surface area contributed by atoms with Gasteiger partial charge in [-0.1, -0.05) is 13.3 Å². The normalized spacial score (nSPS) is 10.0. The van der Waals surface area contributed by atoms with Crippen molar-refractivity contribution in [3.05, 3.63) is 24.3 Å². The van der Waals surface area contributed by atoms with Gasteiger partial charge in [-0.05, 0) is 30.7 Å². The molecule has 0 unspecified atom stereocenters. The fourth-order valence-electron chi connectivity index (χ4n) is 1.22. The van der Waals surface area contributed by atoms with Gasteiger partial charge in [0.2, 0.25) is 0 Å². The summed E-state index contributed by atoms with van der Waals surface area (Å²) in [6.45, 7) is 4.40. The van der Waals surface area contributed by atoms with E-state index in [-0.39, 0.29) is 0 Å². The van der Waals surface area contributed by atoms with E-state index in [1.807, 2.05) is 24.3 Å². The van der Waals surface area contributed by atoms with Crippen LogP contribution in [0.5, 0.6) is 5.75 Å². The topological polar surface area (TPSA) is 47.3 Å². The zero-order chi connectivity index (χ0) is 10.9. The Kier molecular flexibility index (Phi) is 5.63. The van der Waals surface area contributed by atoms with E-state index in [2.05, 4.69) is 12.2 Å². The SMILES string of the molecule is CCCCOc1ccc(NCCN)cc1. The van der Waals surface area contributed by atoms with Crippen LogP contribution in [0.4, 0.5) is 5.69 Å². The number of ether oxygens (including phenoxy) is 1. The molecule has 0 saturated carbocycles. The molecule has 1 aromatic carbocycles. The first-order valence-electron chi connectivity index (χ1n) is 5.53. The van der Waals surface area contributed by atoms with E-state index in [0.29, 0.717) is 6.54 Å². The van der Waals surface area contributed by atoms with E-state index < -0.39 is 0 Å². The maximum absolute atomic E-state index is 5.55. The Labute approximate surface area is 91.6 Å². The van der Waals surface area contributed by atoms with Gasteiger partial charge in [0, 0.05) is 18.8 Å². The highest BCUT2D eigenvalue weighted by molar-refractivity contribution is 5.46. The van der Waals surface area contributed by atoms with Crippen LogP contribution < -0.4 is 15.8 Å². The van der Waals surface area contributed by atoms with Crippen molar-refractivity contribution in [2.75, 3.05) is 25.0 Å². The van der Waals surface area contributed by atoms with Crippen molar-refractivity contribution < 1.29 is 4.74 Å². The van der Waals surface area contributed by atoms with Gasteiger partial charge in [-0.15, -0.1) is 0 Å². The molecule has 0 amide bonds. The second-order valence-electron chi connectivity index (χ2n) is 3.44. The molecule has 0 aliphatic rings. The predicted molar refractivity (Wildman–Crippen MR) is 64.4 cm³/mol. The average Bonchev–Trinajstić information content (AvgIpc) is 2.28. The van der Waals surface area contributed by atoms with Gasteiger partial charge in [-0.25, -0.2) is 0 Å². The van der Waals surface area contributed by atoms with Crippen LogP contribution in [0.15, 0.2) is 24.3 Å². The minimum atomic E-state index is 0.648. The number of nitrogens with one attached hydrogen (secondary N) is 1. The lowest BCUT2D eigenvalue weighted by molar-refractivity contribution is 0.309. The molecule has 15 heavy (non-hydrogen) atoms. The molecule has 0 aromatic heterocycles. The molecule has 3 heteroatoms. The van der Waals surface area contributed by atoms with Crippen LogP contribution in [0.25, 0.3) is 0 Å². The summed E-state index contributed by atoms with van der Waals surface area (Å²) in [5, 5.41) is 3.21. The lowest BCUT2D eigenvalue weighted by Gasteiger charge is -2.07. The second kappa shape index (κ2) is 7.12. The van der Waals surface area contributed by atoms with E-state index in [1.54, 1.807) is 0 Å². The highest BCUT2D eigenvalue weighted by atomic mass is 16.5. The lowest BCUT2D eigenvalue weighted by Crippen LogP contribution is -2.12. The number of benzene rings is 1. The van der Waals surface area contributed by atoms with Crippen LogP contribution in [-0.4, -0.2) is 19.7 Å². The fourth-order valence-corrected chi connectivity index (χ4v) is 1.22. The molecule has 0 radical (unpaired) electrons. The first kappa shape index (κ1) is 11.9. The van der Waals surface area contributed by atoms with Crippen molar-refractivity contribution in [1.29, 1.82) is 0 Å². The van der Waals surface area contributed by atoms with Crippen molar-refractivity contribution in [1.82, 2.24) is 0 Å². The molecule has 0 aliphatic heterocycles. The third kappa shape index (κ3) is 4.70. The Balaban J connectivity index is 2.35. The van der Waals surface area contributed by atoms with Crippen molar-refractivity contribution in [3.63, 3.8) is 0 Å². The van der Waals surface area contributed by atoms with Crippen LogP contribution in [0.1, 0.15) is 19.8 Å². The molecule has 84 valence electrons. The molecule has 3 N–H and O–H groups in total. The van der Waals surface area contributed by atoms with Gasteiger partial charge in [0.15, 0.2) is 0 Å². The van der Waals surface area contributed by atoms with Crippen molar-refractivity contribution in [3.8, 4) is 5.75 Å². The Morgan fingerprint density at radius 3 is 2.60 bits per heavy atom. The third-order valence-electron chi connectivity index (χ3n) is 2.09. The van der Waals surface area contributed by atoms with Crippen molar-refractivity contribution in [2.24, 2.45) is 5.73 Å². The Morgan fingerprint density at radius 2 is 2.00 bits per heavy atom. The maximum atomic E-state index is 5.55. The standard InChI is InChI=1S/C12H20N2O/c1-2-3-10-15-12-6-4-11(5-7-12)14-9-8-13/h4-7,14H,2-3,8-10,13H2,1H3. The summed E-state index contributed by atoms with van der Waals surface area (Å²) in [5.41, 5.74) is 6.49. The number of unbranched alkanes of at least 4 members (excludes halogenated alkanes) is 1. The first-order chi connectivity index (χ1) is 7.36. The van der Waals surface area contributed by atoms with Gasteiger partial charge >= 0.3 is 0 Å². The largest absolute Gasteiger partial charge is 0.494 e. The van der Waals surface area contributed by atoms with Crippen LogP contribution in [0, 0.1) is 0 Å². The highest BCUT2D eigenvalue weighted by Gasteiger charge is 1.94. The average molecular weight is 208 g/mol. The Hall–Kier alpha value is -1.22. The monoisotopic (exact) mass is 208 g/mol. The lowest BCUT2D eigenvalue weighted by atomic mass is 10.3. The van der Waals surface area contributed by atoms with Gasteiger partial charge < -0.3 is 15.8 Å². The third-order valence-corrected chi connectivity index (χ3v) is 2.09. The first-order valence-corrected chi connectivity index (χ1v) is 5.53. The number of anilines is 1. The van der Waals surface area contributed by atoms with Crippen LogP contribution in [-0.2, 0) is 0 Å². The molecule has 0 bridgehead atoms. The molecule has 0 spiro atoms. The van der Waals surface area contributed by atoms with Crippen LogP contribution in [0.3, 0.4) is 0 Å². The quantitative estimate of drug-likeness (QED) is 0.675. The summed E-state index contributed by atoms with van der Waals surface area (Å²) >= 11 is 0. The van der Waals surface area contributed by atoms with Gasteiger partial charge in [-0.3, -0.25) is 0 Å². The van der Waals surface area contributed by atoms with Crippen molar-refractivity contribution >= 4 is 5.69 Å². The van der Waals surface area contributed by atoms with Gasteiger partial charge in [0.05, 0.1) is 6.61 Å². The fraction of sp³-hybridized carbons (Fsp3) is 0.500. The molecule has 1 aromatic rings. The molecule has 0 atom stereocenters. The molecular formula is C12H20N2O. The van der Waals surface area contributed by atoms with E-state index in [0.717, 1.165) is 37.4 Å².